The maximum atomic E-state index is 12.3. The molecule has 0 aromatic heterocycles. The van der Waals surface area contributed by atoms with Crippen LogP contribution in [0.5, 0.6) is 0 Å². The van der Waals surface area contributed by atoms with Crippen molar-refractivity contribution in [2.45, 2.75) is 38.8 Å². The van der Waals surface area contributed by atoms with Crippen molar-refractivity contribution >= 4 is 12.0 Å². The number of hydrogen-bond donors (Lipinski definition) is 1. The number of carboxylic acids is 1. The third kappa shape index (κ3) is 3.60. The summed E-state index contributed by atoms with van der Waals surface area (Å²) in [6.45, 7) is 4.73. The number of ether oxygens (including phenoxy) is 1. The summed E-state index contributed by atoms with van der Waals surface area (Å²) in [6, 6.07) is -0.276. The minimum atomic E-state index is -0.980. The van der Waals surface area contributed by atoms with Gasteiger partial charge in [-0.3, -0.25) is 4.79 Å². The Kier molecular flexibility index (Phi) is 5.40. The Bertz CT molecular complexity index is 308. The van der Waals surface area contributed by atoms with Gasteiger partial charge in [0.1, 0.15) is 6.54 Å². The maximum Gasteiger partial charge on any atom is 0.323 e. The van der Waals surface area contributed by atoms with E-state index < -0.39 is 5.97 Å². The van der Waals surface area contributed by atoms with E-state index in [1.807, 2.05) is 13.8 Å². The SMILES string of the molecule is CCC(C)N(CC(=O)O)C(=O)N1CCC(OC)C1. The molecule has 1 fully saturated rings. The molecule has 1 heterocycles. The molecule has 2 amide bonds. The van der Waals surface area contributed by atoms with Crippen LogP contribution in [0, 0.1) is 0 Å². The van der Waals surface area contributed by atoms with Gasteiger partial charge < -0.3 is 19.6 Å². The molecule has 0 radical (unpaired) electrons. The van der Waals surface area contributed by atoms with Crippen LogP contribution in [0.25, 0.3) is 0 Å². The zero-order valence-electron chi connectivity index (χ0n) is 11.3. The van der Waals surface area contributed by atoms with E-state index in [4.69, 9.17) is 9.84 Å². The molecule has 18 heavy (non-hydrogen) atoms. The summed E-state index contributed by atoms with van der Waals surface area (Å²) in [7, 11) is 1.63. The molecule has 1 saturated heterocycles. The second-order valence-corrected chi connectivity index (χ2v) is 4.65. The number of amides is 2. The molecule has 6 heteroatoms. The molecule has 0 aliphatic carbocycles. The highest BCUT2D eigenvalue weighted by Gasteiger charge is 2.31. The topological polar surface area (TPSA) is 70.1 Å². The zero-order valence-corrected chi connectivity index (χ0v) is 11.3. The summed E-state index contributed by atoms with van der Waals surface area (Å²) in [4.78, 5) is 26.2. The average Bonchev–Trinajstić information content (AvgIpc) is 2.82. The highest BCUT2D eigenvalue weighted by atomic mass is 16.5. The Labute approximate surface area is 107 Å². The molecule has 1 N–H and O–H groups in total. The van der Waals surface area contributed by atoms with Crippen LogP contribution in [0.2, 0.25) is 0 Å². The number of aliphatic carboxylic acids is 1. The average molecular weight is 258 g/mol. The molecule has 6 nitrogen and oxygen atoms in total. The van der Waals surface area contributed by atoms with Crippen molar-refractivity contribution in [1.29, 1.82) is 0 Å². The van der Waals surface area contributed by atoms with Crippen LogP contribution in [0.4, 0.5) is 4.79 Å². The van der Waals surface area contributed by atoms with Gasteiger partial charge in [-0.05, 0) is 19.8 Å². The smallest absolute Gasteiger partial charge is 0.323 e. The summed E-state index contributed by atoms with van der Waals surface area (Å²) in [5.74, 6) is -0.980. The lowest BCUT2D eigenvalue weighted by Crippen LogP contribution is -2.48. The second-order valence-electron chi connectivity index (χ2n) is 4.65. The molecule has 0 spiro atoms. The van der Waals surface area contributed by atoms with Crippen LogP contribution in [0.3, 0.4) is 0 Å². The van der Waals surface area contributed by atoms with Crippen molar-refractivity contribution < 1.29 is 19.4 Å². The third-order valence-corrected chi connectivity index (χ3v) is 3.42. The van der Waals surface area contributed by atoms with Gasteiger partial charge >= 0.3 is 12.0 Å². The predicted octanol–water partition coefficient (Wildman–Crippen LogP) is 1.01. The molecular weight excluding hydrogens is 236 g/mol. The van der Waals surface area contributed by atoms with Gasteiger partial charge in [0.15, 0.2) is 0 Å². The Morgan fingerprint density at radius 3 is 2.67 bits per heavy atom. The first kappa shape index (κ1) is 14.8. The number of urea groups is 1. The zero-order chi connectivity index (χ0) is 13.7. The number of methoxy groups -OCH3 is 1. The van der Waals surface area contributed by atoms with Gasteiger partial charge in [-0.2, -0.15) is 0 Å². The van der Waals surface area contributed by atoms with Crippen LogP contribution in [0.1, 0.15) is 26.7 Å². The summed E-state index contributed by atoms with van der Waals surface area (Å²) >= 11 is 0. The van der Waals surface area contributed by atoms with E-state index in [0.29, 0.717) is 13.1 Å². The molecule has 0 bridgehead atoms. The molecule has 1 rings (SSSR count). The van der Waals surface area contributed by atoms with E-state index >= 15 is 0 Å². The van der Waals surface area contributed by atoms with Gasteiger partial charge in [0, 0.05) is 26.2 Å². The summed E-state index contributed by atoms with van der Waals surface area (Å²) in [5.41, 5.74) is 0. The van der Waals surface area contributed by atoms with Gasteiger partial charge in [-0.15, -0.1) is 0 Å². The first-order valence-corrected chi connectivity index (χ1v) is 6.29. The number of likely N-dealkylation sites (tertiary alicyclic amines) is 1. The number of rotatable bonds is 5. The predicted molar refractivity (Wildman–Crippen MR) is 66.5 cm³/mol. The van der Waals surface area contributed by atoms with Crippen molar-refractivity contribution in [3.05, 3.63) is 0 Å². The van der Waals surface area contributed by atoms with Crippen LogP contribution in [0.15, 0.2) is 0 Å². The third-order valence-electron chi connectivity index (χ3n) is 3.42. The number of carbonyl (C=O) groups excluding carboxylic acids is 1. The largest absolute Gasteiger partial charge is 0.480 e. The minimum Gasteiger partial charge on any atom is -0.480 e. The quantitative estimate of drug-likeness (QED) is 0.799. The van der Waals surface area contributed by atoms with Crippen molar-refractivity contribution in [1.82, 2.24) is 9.80 Å². The summed E-state index contributed by atoms with van der Waals surface area (Å²) in [5, 5.41) is 8.88. The summed E-state index contributed by atoms with van der Waals surface area (Å²) in [6.07, 6.45) is 1.61. The molecular formula is C12H22N2O4. The molecule has 1 aliphatic heterocycles. The Hall–Kier alpha value is -1.30. The van der Waals surface area contributed by atoms with E-state index in [2.05, 4.69) is 0 Å². The molecule has 1 aliphatic rings. The van der Waals surface area contributed by atoms with Crippen molar-refractivity contribution in [2.75, 3.05) is 26.7 Å². The van der Waals surface area contributed by atoms with Crippen LogP contribution < -0.4 is 0 Å². The van der Waals surface area contributed by atoms with E-state index in [1.165, 1.54) is 4.90 Å². The highest BCUT2D eigenvalue weighted by Crippen LogP contribution is 2.16. The monoisotopic (exact) mass is 258 g/mol. The molecule has 2 atom stereocenters. The number of nitrogens with zero attached hydrogens (tertiary/aromatic N) is 2. The maximum absolute atomic E-state index is 12.3. The standard InChI is InChI=1S/C12H22N2O4/c1-4-9(2)14(8-11(15)16)12(17)13-6-5-10(7-13)18-3/h9-10H,4-8H2,1-3H3,(H,15,16). The molecule has 2 unspecified atom stereocenters. The molecule has 104 valence electrons. The fraction of sp³-hybridized carbons (Fsp3) is 0.833. The van der Waals surface area contributed by atoms with Crippen LogP contribution in [-0.2, 0) is 9.53 Å². The first-order valence-electron chi connectivity index (χ1n) is 6.29. The van der Waals surface area contributed by atoms with Gasteiger partial charge in [-0.25, -0.2) is 4.79 Å². The Balaban J connectivity index is 2.67. The number of hydrogen-bond acceptors (Lipinski definition) is 3. The van der Waals surface area contributed by atoms with E-state index in [1.54, 1.807) is 12.0 Å². The van der Waals surface area contributed by atoms with Crippen molar-refractivity contribution in [3.8, 4) is 0 Å². The van der Waals surface area contributed by atoms with E-state index in [9.17, 15) is 9.59 Å². The van der Waals surface area contributed by atoms with Gasteiger partial charge in [0.2, 0.25) is 0 Å². The minimum absolute atomic E-state index is 0.0672. The lowest BCUT2D eigenvalue weighted by Gasteiger charge is -2.31. The van der Waals surface area contributed by atoms with E-state index in [0.717, 1.165) is 12.8 Å². The van der Waals surface area contributed by atoms with Crippen LogP contribution in [-0.4, -0.2) is 65.8 Å². The van der Waals surface area contributed by atoms with Crippen molar-refractivity contribution in [2.24, 2.45) is 0 Å². The fourth-order valence-corrected chi connectivity index (χ4v) is 2.05. The van der Waals surface area contributed by atoms with Crippen molar-refractivity contribution in [3.63, 3.8) is 0 Å². The highest BCUT2D eigenvalue weighted by molar-refractivity contribution is 5.80. The lowest BCUT2D eigenvalue weighted by molar-refractivity contribution is -0.138. The normalized spacial score (nSPS) is 20.8. The fourth-order valence-electron chi connectivity index (χ4n) is 2.05. The van der Waals surface area contributed by atoms with Gasteiger partial charge in [0.05, 0.1) is 6.10 Å². The first-order chi connectivity index (χ1) is 8.49. The Morgan fingerprint density at radius 2 is 2.22 bits per heavy atom. The number of carboxylic acid groups (broad SMARTS) is 1. The van der Waals surface area contributed by atoms with Gasteiger partial charge in [0.25, 0.3) is 0 Å². The lowest BCUT2D eigenvalue weighted by atomic mass is 10.2. The Morgan fingerprint density at radius 1 is 1.56 bits per heavy atom. The van der Waals surface area contributed by atoms with Gasteiger partial charge in [-0.1, -0.05) is 6.92 Å². The van der Waals surface area contributed by atoms with Crippen LogP contribution >= 0.6 is 0 Å². The summed E-state index contributed by atoms with van der Waals surface area (Å²) < 4.78 is 5.21. The molecule has 0 aromatic rings. The molecule has 0 saturated carbocycles. The molecule has 0 aromatic carbocycles. The second kappa shape index (κ2) is 6.58. The van der Waals surface area contributed by atoms with E-state index in [-0.39, 0.29) is 24.7 Å². The number of carbonyl (C=O) groups is 2.